The van der Waals surface area contributed by atoms with Crippen LogP contribution in [0.2, 0.25) is 0 Å². The minimum Gasteiger partial charge on any atom is -0.374 e. The second-order valence-electron chi connectivity index (χ2n) is 5.67. The van der Waals surface area contributed by atoms with Crippen molar-refractivity contribution in [2.45, 2.75) is 33.0 Å². The topological polar surface area (TPSA) is 48.1 Å². The van der Waals surface area contributed by atoms with Gasteiger partial charge in [0.25, 0.3) is 0 Å². The number of hydrogen-bond acceptors (Lipinski definition) is 4. The highest BCUT2D eigenvalue weighted by molar-refractivity contribution is 5.06. The van der Waals surface area contributed by atoms with E-state index < -0.39 is 0 Å². The van der Waals surface area contributed by atoms with E-state index >= 15 is 0 Å². The van der Waals surface area contributed by atoms with Crippen molar-refractivity contribution in [3.8, 4) is 0 Å². The van der Waals surface area contributed by atoms with Crippen molar-refractivity contribution >= 4 is 0 Å². The van der Waals surface area contributed by atoms with E-state index in [0.29, 0.717) is 0 Å². The van der Waals surface area contributed by atoms with Crippen LogP contribution in [0.3, 0.4) is 0 Å². The minimum absolute atomic E-state index is 0.217. The highest BCUT2D eigenvalue weighted by Gasteiger charge is 2.21. The van der Waals surface area contributed by atoms with E-state index in [1.165, 1.54) is 5.69 Å². The molecule has 3 heterocycles. The number of hydrogen-bond donors (Lipinski definition) is 0. The molecule has 0 unspecified atom stereocenters. The largest absolute Gasteiger partial charge is 0.374 e. The van der Waals surface area contributed by atoms with Crippen LogP contribution in [0.5, 0.6) is 0 Å². The fraction of sp³-hybridized carbons (Fsp3) is 0.600. The third-order valence-corrected chi connectivity index (χ3v) is 3.91. The van der Waals surface area contributed by atoms with Gasteiger partial charge in [-0.15, -0.1) is 0 Å². The maximum Gasteiger partial charge on any atom is 0.0898 e. The first-order chi connectivity index (χ1) is 10.2. The van der Waals surface area contributed by atoms with Gasteiger partial charge >= 0.3 is 0 Å². The second kappa shape index (κ2) is 6.41. The maximum atomic E-state index is 5.89. The van der Waals surface area contributed by atoms with Crippen LogP contribution in [0.4, 0.5) is 0 Å². The summed E-state index contributed by atoms with van der Waals surface area (Å²) in [5.41, 5.74) is 2.27. The Morgan fingerprint density at radius 2 is 2.24 bits per heavy atom. The van der Waals surface area contributed by atoms with Crippen LogP contribution in [-0.2, 0) is 17.8 Å². The molecular weight excluding hydrogens is 266 g/mol. The van der Waals surface area contributed by atoms with Gasteiger partial charge in [-0.05, 0) is 26.0 Å². The molecule has 2 aromatic heterocycles. The lowest BCUT2D eigenvalue weighted by Gasteiger charge is -2.33. The average molecular weight is 289 g/mol. The molecule has 0 radical (unpaired) electrons. The molecule has 6 nitrogen and oxygen atoms in total. The zero-order valence-corrected chi connectivity index (χ0v) is 12.8. The maximum absolute atomic E-state index is 5.89. The van der Waals surface area contributed by atoms with Gasteiger partial charge in [0.1, 0.15) is 0 Å². The Bertz CT molecular complexity index is 563. The third kappa shape index (κ3) is 3.71. The zero-order valence-electron chi connectivity index (χ0n) is 12.8. The third-order valence-electron chi connectivity index (χ3n) is 3.91. The van der Waals surface area contributed by atoms with Gasteiger partial charge in [0.15, 0.2) is 0 Å². The van der Waals surface area contributed by atoms with Gasteiger partial charge in [-0.2, -0.15) is 10.2 Å². The molecule has 1 aliphatic rings. The van der Waals surface area contributed by atoms with Crippen LogP contribution in [0, 0.1) is 13.8 Å². The van der Waals surface area contributed by atoms with Crippen molar-refractivity contribution in [2.75, 3.05) is 26.2 Å². The van der Waals surface area contributed by atoms with Gasteiger partial charge in [-0.1, -0.05) is 0 Å². The van der Waals surface area contributed by atoms with E-state index in [0.717, 1.165) is 45.0 Å². The molecule has 6 heteroatoms. The fourth-order valence-corrected chi connectivity index (χ4v) is 2.82. The van der Waals surface area contributed by atoms with Gasteiger partial charge in [-0.25, -0.2) is 0 Å². The van der Waals surface area contributed by atoms with E-state index in [2.05, 4.69) is 32.8 Å². The summed E-state index contributed by atoms with van der Waals surface area (Å²) in [6.45, 7) is 9.65. The van der Waals surface area contributed by atoms with E-state index in [9.17, 15) is 0 Å². The lowest BCUT2D eigenvalue weighted by Crippen LogP contribution is -2.45. The minimum atomic E-state index is 0.217. The summed E-state index contributed by atoms with van der Waals surface area (Å²) >= 11 is 0. The summed E-state index contributed by atoms with van der Waals surface area (Å²) < 4.78 is 9.92. The van der Waals surface area contributed by atoms with Crippen molar-refractivity contribution in [2.24, 2.45) is 0 Å². The Morgan fingerprint density at radius 1 is 1.33 bits per heavy atom. The molecule has 0 amide bonds. The molecule has 1 saturated heterocycles. The van der Waals surface area contributed by atoms with Crippen molar-refractivity contribution < 1.29 is 4.74 Å². The van der Waals surface area contributed by atoms with Crippen molar-refractivity contribution in [1.82, 2.24) is 24.5 Å². The van der Waals surface area contributed by atoms with Gasteiger partial charge in [0.2, 0.25) is 0 Å². The Morgan fingerprint density at radius 3 is 2.95 bits per heavy atom. The van der Waals surface area contributed by atoms with Gasteiger partial charge in [0, 0.05) is 37.7 Å². The first kappa shape index (κ1) is 14.3. The van der Waals surface area contributed by atoms with Crippen LogP contribution in [0.25, 0.3) is 0 Å². The van der Waals surface area contributed by atoms with E-state index in [1.807, 2.05) is 30.1 Å². The van der Waals surface area contributed by atoms with Gasteiger partial charge < -0.3 is 4.74 Å². The second-order valence-corrected chi connectivity index (χ2v) is 5.67. The van der Waals surface area contributed by atoms with Gasteiger partial charge in [0.05, 0.1) is 31.5 Å². The summed E-state index contributed by atoms with van der Waals surface area (Å²) in [7, 11) is 0. The highest BCUT2D eigenvalue weighted by Crippen LogP contribution is 2.10. The Hall–Kier alpha value is -1.66. The highest BCUT2D eigenvalue weighted by atomic mass is 16.5. The average Bonchev–Trinajstić information content (AvgIpc) is 3.07. The van der Waals surface area contributed by atoms with E-state index in [4.69, 9.17) is 4.74 Å². The predicted molar refractivity (Wildman–Crippen MR) is 80.1 cm³/mol. The van der Waals surface area contributed by atoms with Crippen LogP contribution < -0.4 is 0 Å². The molecule has 0 N–H and O–H groups in total. The van der Waals surface area contributed by atoms with Crippen LogP contribution in [0.15, 0.2) is 24.5 Å². The SMILES string of the molecule is Cc1cc(C)n(C[C@H]2CN(CCn3cccn3)CCO2)n1. The van der Waals surface area contributed by atoms with E-state index in [1.54, 1.807) is 0 Å². The Kier molecular flexibility index (Phi) is 4.36. The summed E-state index contributed by atoms with van der Waals surface area (Å²) in [6, 6.07) is 4.07. The molecular formula is C15H23N5O. The fourth-order valence-electron chi connectivity index (χ4n) is 2.82. The number of aromatic nitrogens is 4. The Balaban J connectivity index is 1.52. The van der Waals surface area contributed by atoms with E-state index in [-0.39, 0.29) is 6.10 Å². The predicted octanol–water partition coefficient (Wildman–Crippen LogP) is 1.10. The lowest BCUT2D eigenvalue weighted by atomic mass is 10.2. The monoisotopic (exact) mass is 289 g/mol. The number of aryl methyl sites for hydroxylation is 2. The van der Waals surface area contributed by atoms with Crippen molar-refractivity contribution in [3.63, 3.8) is 0 Å². The first-order valence-electron chi connectivity index (χ1n) is 7.53. The number of ether oxygens (including phenoxy) is 1. The van der Waals surface area contributed by atoms with Crippen molar-refractivity contribution in [1.29, 1.82) is 0 Å². The van der Waals surface area contributed by atoms with Crippen molar-refractivity contribution in [3.05, 3.63) is 35.9 Å². The van der Waals surface area contributed by atoms with Crippen LogP contribution in [-0.4, -0.2) is 56.8 Å². The summed E-state index contributed by atoms with van der Waals surface area (Å²) in [5.74, 6) is 0. The molecule has 2 aromatic rings. The van der Waals surface area contributed by atoms with Gasteiger partial charge in [-0.3, -0.25) is 14.3 Å². The molecule has 114 valence electrons. The molecule has 21 heavy (non-hydrogen) atoms. The molecule has 3 rings (SSSR count). The molecule has 0 saturated carbocycles. The number of nitrogens with zero attached hydrogens (tertiary/aromatic N) is 5. The molecule has 0 aromatic carbocycles. The zero-order chi connectivity index (χ0) is 14.7. The first-order valence-corrected chi connectivity index (χ1v) is 7.53. The normalized spacial score (nSPS) is 20.0. The van der Waals surface area contributed by atoms with Crippen LogP contribution >= 0.6 is 0 Å². The molecule has 1 aliphatic heterocycles. The Labute approximate surface area is 125 Å². The summed E-state index contributed by atoms with van der Waals surface area (Å²) in [4.78, 5) is 2.45. The standard InChI is InChI=1S/C15H23N5O/c1-13-10-14(2)20(17-13)12-15-11-18(8-9-21-15)6-7-19-5-3-4-16-19/h3-5,10,15H,6-9,11-12H2,1-2H3/t15-/m1/s1. The molecule has 0 bridgehead atoms. The molecule has 1 fully saturated rings. The number of rotatable bonds is 5. The summed E-state index contributed by atoms with van der Waals surface area (Å²) in [6.07, 6.45) is 4.05. The number of morpholine rings is 1. The molecule has 1 atom stereocenters. The van der Waals surface area contributed by atoms with Crippen LogP contribution in [0.1, 0.15) is 11.4 Å². The summed E-state index contributed by atoms with van der Waals surface area (Å²) in [5, 5.41) is 8.77. The smallest absolute Gasteiger partial charge is 0.0898 e. The molecule has 0 spiro atoms. The molecule has 0 aliphatic carbocycles. The quantitative estimate of drug-likeness (QED) is 0.827. The lowest BCUT2D eigenvalue weighted by molar-refractivity contribution is -0.0387.